The molecular formula is C11H22N2. The maximum absolute atomic E-state index is 3.60. The molecule has 13 heavy (non-hydrogen) atoms. The summed E-state index contributed by atoms with van der Waals surface area (Å²) in [4.78, 5) is 0. The molecule has 2 N–H and O–H groups in total. The second-order valence-corrected chi connectivity index (χ2v) is 4.59. The van der Waals surface area contributed by atoms with Crippen LogP contribution in [-0.4, -0.2) is 25.7 Å². The van der Waals surface area contributed by atoms with Gasteiger partial charge in [0.05, 0.1) is 0 Å². The predicted molar refractivity (Wildman–Crippen MR) is 55.9 cm³/mol. The van der Waals surface area contributed by atoms with Crippen molar-refractivity contribution in [1.82, 2.24) is 10.6 Å². The molecule has 1 atom stereocenters. The van der Waals surface area contributed by atoms with Crippen LogP contribution in [0.15, 0.2) is 0 Å². The van der Waals surface area contributed by atoms with E-state index < -0.39 is 0 Å². The van der Waals surface area contributed by atoms with Gasteiger partial charge >= 0.3 is 0 Å². The zero-order valence-corrected chi connectivity index (χ0v) is 8.52. The molecule has 2 heteroatoms. The molecule has 1 aliphatic carbocycles. The van der Waals surface area contributed by atoms with Crippen molar-refractivity contribution >= 4 is 0 Å². The van der Waals surface area contributed by atoms with Gasteiger partial charge in [-0.1, -0.05) is 32.1 Å². The van der Waals surface area contributed by atoms with E-state index in [1.54, 1.807) is 0 Å². The van der Waals surface area contributed by atoms with Gasteiger partial charge in [0.2, 0.25) is 0 Å². The van der Waals surface area contributed by atoms with E-state index >= 15 is 0 Å². The van der Waals surface area contributed by atoms with Crippen LogP contribution < -0.4 is 10.6 Å². The summed E-state index contributed by atoms with van der Waals surface area (Å²) < 4.78 is 0. The molecule has 2 aliphatic rings. The minimum atomic E-state index is 0.761. The molecule has 0 spiro atoms. The van der Waals surface area contributed by atoms with Gasteiger partial charge in [0.1, 0.15) is 0 Å². The SMILES string of the molecule is C1CCC(C[C@H]2CNCCN2)CC1. The van der Waals surface area contributed by atoms with Gasteiger partial charge in [-0.3, -0.25) is 0 Å². The molecule has 0 bridgehead atoms. The molecule has 1 heterocycles. The minimum Gasteiger partial charge on any atom is -0.314 e. The molecule has 0 aromatic carbocycles. The van der Waals surface area contributed by atoms with Crippen molar-refractivity contribution < 1.29 is 0 Å². The lowest BCUT2D eigenvalue weighted by Crippen LogP contribution is -2.49. The van der Waals surface area contributed by atoms with Crippen LogP contribution in [0.1, 0.15) is 38.5 Å². The van der Waals surface area contributed by atoms with Crippen LogP contribution in [0.3, 0.4) is 0 Å². The van der Waals surface area contributed by atoms with E-state index in [4.69, 9.17) is 0 Å². The quantitative estimate of drug-likeness (QED) is 0.676. The van der Waals surface area contributed by atoms with E-state index in [0.29, 0.717) is 0 Å². The predicted octanol–water partition coefficient (Wildman–Crippen LogP) is 1.52. The molecule has 0 unspecified atom stereocenters. The number of nitrogens with one attached hydrogen (secondary N) is 2. The number of hydrogen-bond acceptors (Lipinski definition) is 2. The van der Waals surface area contributed by atoms with E-state index in [2.05, 4.69) is 10.6 Å². The molecule has 2 nitrogen and oxygen atoms in total. The number of piperazine rings is 1. The monoisotopic (exact) mass is 182 g/mol. The second-order valence-electron chi connectivity index (χ2n) is 4.59. The fourth-order valence-corrected chi connectivity index (χ4v) is 2.71. The molecule has 0 radical (unpaired) electrons. The maximum Gasteiger partial charge on any atom is 0.0195 e. The highest BCUT2D eigenvalue weighted by molar-refractivity contribution is 4.79. The van der Waals surface area contributed by atoms with E-state index in [9.17, 15) is 0 Å². The number of hydrogen-bond donors (Lipinski definition) is 2. The maximum atomic E-state index is 3.60. The highest BCUT2D eigenvalue weighted by Crippen LogP contribution is 2.27. The van der Waals surface area contributed by atoms with Crippen molar-refractivity contribution in [2.45, 2.75) is 44.6 Å². The van der Waals surface area contributed by atoms with Crippen LogP contribution in [0.2, 0.25) is 0 Å². The van der Waals surface area contributed by atoms with E-state index in [1.807, 2.05) is 0 Å². The Morgan fingerprint density at radius 1 is 1.00 bits per heavy atom. The molecule has 1 saturated heterocycles. The summed E-state index contributed by atoms with van der Waals surface area (Å²) in [6.45, 7) is 3.51. The van der Waals surface area contributed by atoms with Crippen LogP contribution in [-0.2, 0) is 0 Å². The van der Waals surface area contributed by atoms with Crippen LogP contribution in [0.5, 0.6) is 0 Å². The van der Waals surface area contributed by atoms with Gasteiger partial charge in [0.25, 0.3) is 0 Å². The molecular weight excluding hydrogens is 160 g/mol. The third-order valence-corrected chi connectivity index (χ3v) is 3.47. The van der Waals surface area contributed by atoms with Crippen LogP contribution in [0.25, 0.3) is 0 Å². The average Bonchev–Trinajstić information content (AvgIpc) is 2.21. The summed E-state index contributed by atoms with van der Waals surface area (Å²) in [5.74, 6) is 1.02. The smallest absolute Gasteiger partial charge is 0.0195 e. The topological polar surface area (TPSA) is 24.1 Å². The molecule has 2 rings (SSSR count). The minimum absolute atomic E-state index is 0.761. The summed E-state index contributed by atoms with van der Waals surface area (Å²) >= 11 is 0. The summed E-state index contributed by atoms with van der Waals surface area (Å²) in [7, 11) is 0. The second kappa shape index (κ2) is 4.97. The van der Waals surface area contributed by atoms with Crippen molar-refractivity contribution in [3.05, 3.63) is 0 Å². The van der Waals surface area contributed by atoms with Crippen LogP contribution >= 0.6 is 0 Å². The van der Waals surface area contributed by atoms with Gasteiger partial charge in [0, 0.05) is 25.7 Å². The van der Waals surface area contributed by atoms with Gasteiger partial charge < -0.3 is 10.6 Å². The molecule has 0 amide bonds. The third kappa shape index (κ3) is 2.96. The Balaban J connectivity index is 1.69. The van der Waals surface area contributed by atoms with Crippen molar-refractivity contribution in [2.75, 3.05) is 19.6 Å². The van der Waals surface area contributed by atoms with Gasteiger partial charge in [-0.05, 0) is 12.3 Å². The zero-order valence-electron chi connectivity index (χ0n) is 8.52. The Hall–Kier alpha value is -0.0800. The fourth-order valence-electron chi connectivity index (χ4n) is 2.71. The molecule has 0 aromatic rings. The lowest BCUT2D eigenvalue weighted by Gasteiger charge is -2.30. The van der Waals surface area contributed by atoms with Crippen molar-refractivity contribution in [2.24, 2.45) is 5.92 Å². The lowest BCUT2D eigenvalue weighted by molar-refractivity contribution is 0.280. The molecule has 0 aromatic heterocycles. The van der Waals surface area contributed by atoms with E-state index in [0.717, 1.165) is 25.0 Å². The van der Waals surface area contributed by atoms with Crippen molar-refractivity contribution in [3.8, 4) is 0 Å². The first kappa shape index (κ1) is 9.47. The van der Waals surface area contributed by atoms with Crippen molar-refractivity contribution in [3.63, 3.8) is 0 Å². The fraction of sp³-hybridized carbons (Fsp3) is 1.00. The Labute approximate surface area is 81.5 Å². The third-order valence-electron chi connectivity index (χ3n) is 3.47. The summed E-state index contributed by atoms with van der Waals surface area (Å²) in [6, 6.07) is 0.761. The van der Waals surface area contributed by atoms with Crippen LogP contribution in [0, 0.1) is 5.92 Å². The van der Waals surface area contributed by atoms with Crippen LogP contribution in [0.4, 0.5) is 0 Å². The van der Waals surface area contributed by atoms with Gasteiger partial charge in [-0.25, -0.2) is 0 Å². The van der Waals surface area contributed by atoms with Gasteiger partial charge in [-0.15, -0.1) is 0 Å². The van der Waals surface area contributed by atoms with Crippen molar-refractivity contribution in [1.29, 1.82) is 0 Å². The average molecular weight is 182 g/mol. The molecule has 76 valence electrons. The van der Waals surface area contributed by atoms with E-state index in [1.165, 1.54) is 45.1 Å². The molecule has 2 fully saturated rings. The highest BCUT2D eigenvalue weighted by atomic mass is 15.0. The Bertz CT molecular complexity index is 119. The largest absolute Gasteiger partial charge is 0.314 e. The molecule has 1 aliphatic heterocycles. The summed E-state index contributed by atoms with van der Waals surface area (Å²) in [5, 5.41) is 7.07. The first-order valence-corrected chi connectivity index (χ1v) is 5.89. The van der Waals surface area contributed by atoms with Gasteiger partial charge in [-0.2, -0.15) is 0 Å². The Morgan fingerprint density at radius 2 is 1.85 bits per heavy atom. The number of rotatable bonds is 2. The lowest BCUT2D eigenvalue weighted by atomic mass is 9.84. The normalized spacial score (nSPS) is 31.8. The van der Waals surface area contributed by atoms with Gasteiger partial charge in [0.15, 0.2) is 0 Å². The zero-order chi connectivity index (χ0) is 8.93. The van der Waals surface area contributed by atoms with E-state index in [-0.39, 0.29) is 0 Å². The Morgan fingerprint density at radius 3 is 2.54 bits per heavy atom. The summed E-state index contributed by atoms with van der Waals surface area (Å²) in [6.07, 6.45) is 8.81. The standard InChI is InChI=1S/C11H22N2/c1-2-4-10(5-3-1)8-11-9-12-6-7-13-11/h10-13H,1-9H2/t11-/m0/s1. The summed E-state index contributed by atoms with van der Waals surface area (Å²) in [5.41, 5.74) is 0. The Kier molecular flexibility index (Phi) is 3.62. The first-order valence-electron chi connectivity index (χ1n) is 5.89. The first-order chi connectivity index (χ1) is 6.45. The molecule has 1 saturated carbocycles. The highest BCUT2D eigenvalue weighted by Gasteiger charge is 2.19.